The highest BCUT2D eigenvalue weighted by Crippen LogP contribution is 2.28. The summed E-state index contributed by atoms with van der Waals surface area (Å²) in [5, 5.41) is 13.6. The number of benzene rings is 1. The van der Waals surface area contributed by atoms with E-state index in [2.05, 4.69) is 10.3 Å². The number of nitrogens with one attached hydrogen (secondary N) is 1. The van der Waals surface area contributed by atoms with Crippen molar-refractivity contribution in [3.63, 3.8) is 0 Å². The maximum Gasteiger partial charge on any atom is 0.245 e. The summed E-state index contributed by atoms with van der Waals surface area (Å²) in [5.41, 5.74) is 3.31. The van der Waals surface area contributed by atoms with Crippen molar-refractivity contribution in [3.8, 4) is 16.6 Å². The summed E-state index contributed by atoms with van der Waals surface area (Å²) < 4.78 is 0. The van der Waals surface area contributed by atoms with Crippen LogP contribution in [0.5, 0.6) is 0 Å². The lowest BCUT2D eigenvalue weighted by Gasteiger charge is -2.04. The van der Waals surface area contributed by atoms with E-state index in [1.165, 1.54) is 18.4 Å². The van der Waals surface area contributed by atoms with Crippen molar-refractivity contribution in [3.05, 3.63) is 40.4 Å². The molecule has 22 heavy (non-hydrogen) atoms. The third-order valence-electron chi connectivity index (χ3n) is 3.27. The Kier molecular flexibility index (Phi) is 4.68. The molecule has 0 radical (unpaired) electrons. The number of rotatable bonds is 4. The topological polar surface area (TPSA) is 82.9 Å². The Bertz CT molecular complexity index is 774. The van der Waals surface area contributed by atoms with Crippen LogP contribution in [-0.4, -0.2) is 23.7 Å². The lowest BCUT2D eigenvalue weighted by Crippen LogP contribution is -2.32. The van der Waals surface area contributed by atoms with E-state index < -0.39 is 17.6 Å². The zero-order valence-corrected chi connectivity index (χ0v) is 13.3. The molecule has 1 heterocycles. The van der Waals surface area contributed by atoms with Crippen molar-refractivity contribution < 1.29 is 9.59 Å². The first kappa shape index (κ1) is 15.9. The Morgan fingerprint density at radius 2 is 2.09 bits per heavy atom. The van der Waals surface area contributed by atoms with Crippen LogP contribution >= 0.6 is 11.3 Å². The molecule has 0 saturated heterocycles. The average Bonchev–Trinajstić information content (AvgIpc) is 2.97. The molecule has 0 bridgehead atoms. The van der Waals surface area contributed by atoms with Gasteiger partial charge in [-0.3, -0.25) is 9.59 Å². The maximum atomic E-state index is 12.2. The van der Waals surface area contributed by atoms with Gasteiger partial charge in [-0.25, -0.2) is 4.98 Å². The molecule has 0 aliphatic rings. The van der Waals surface area contributed by atoms with Crippen LogP contribution in [0, 0.1) is 31.1 Å². The molecule has 5 nitrogen and oxygen atoms in total. The summed E-state index contributed by atoms with van der Waals surface area (Å²) >= 11 is 1.33. The number of hydrogen-bond acceptors (Lipinski definition) is 5. The van der Waals surface area contributed by atoms with E-state index in [9.17, 15) is 9.59 Å². The Hall–Kier alpha value is -2.52. The van der Waals surface area contributed by atoms with Crippen molar-refractivity contribution in [2.24, 2.45) is 5.92 Å². The number of aromatic nitrogens is 1. The number of nitrogens with zero attached hydrogens (tertiary/aromatic N) is 2. The van der Waals surface area contributed by atoms with Gasteiger partial charge < -0.3 is 5.32 Å². The first-order valence-corrected chi connectivity index (χ1v) is 7.54. The lowest BCUT2D eigenvalue weighted by atomic mass is 10.0. The molecule has 6 heteroatoms. The monoisotopic (exact) mass is 313 g/mol. The molecule has 1 N–H and O–H groups in total. The van der Waals surface area contributed by atoms with Gasteiger partial charge in [-0.05, 0) is 19.4 Å². The summed E-state index contributed by atoms with van der Waals surface area (Å²) in [7, 11) is 1.39. The van der Waals surface area contributed by atoms with Gasteiger partial charge >= 0.3 is 0 Å². The number of ketones is 1. The molecule has 2 aromatic rings. The van der Waals surface area contributed by atoms with Gasteiger partial charge in [0.2, 0.25) is 11.7 Å². The number of carbonyl (C=O) groups is 2. The van der Waals surface area contributed by atoms with Crippen LogP contribution in [0.15, 0.2) is 23.6 Å². The largest absolute Gasteiger partial charge is 0.358 e. The van der Waals surface area contributed by atoms with E-state index in [1.54, 1.807) is 11.4 Å². The number of thiazole rings is 1. The number of amides is 1. The molecule has 112 valence electrons. The van der Waals surface area contributed by atoms with Gasteiger partial charge in [0.05, 0.1) is 6.07 Å². The second kappa shape index (κ2) is 6.50. The standard InChI is InChI=1S/C16H15N3O2S/c1-9-4-5-11(10(2)6-9)16-19-13(8-22-16)14(20)12(7-17)15(21)18-3/h4-6,8,12H,1-3H3,(H,18,21)/t12-/m0/s1. The van der Waals surface area contributed by atoms with Crippen molar-refractivity contribution >= 4 is 23.0 Å². The second-order valence-corrected chi connectivity index (χ2v) is 5.75. The molecule has 0 aliphatic heterocycles. The van der Waals surface area contributed by atoms with Crippen LogP contribution in [0.3, 0.4) is 0 Å². The van der Waals surface area contributed by atoms with Crippen LogP contribution < -0.4 is 5.32 Å². The molecule has 1 aromatic heterocycles. The normalized spacial score (nSPS) is 11.5. The molecule has 0 unspecified atom stereocenters. The quantitative estimate of drug-likeness (QED) is 0.694. The molecular weight excluding hydrogens is 298 g/mol. The molecule has 0 saturated carbocycles. The number of carbonyl (C=O) groups excluding carboxylic acids is 2. The van der Waals surface area contributed by atoms with Crippen molar-refractivity contribution in [2.45, 2.75) is 13.8 Å². The van der Waals surface area contributed by atoms with Crippen LogP contribution in [0.4, 0.5) is 0 Å². The zero-order valence-electron chi connectivity index (χ0n) is 12.5. The molecular formula is C16H15N3O2S. The van der Waals surface area contributed by atoms with E-state index in [0.29, 0.717) is 5.01 Å². The molecule has 0 aliphatic carbocycles. The number of aryl methyl sites for hydroxylation is 2. The predicted molar refractivity (Wildman–Crippen MR) is 84.5 cm³/mol. The Morgan fingerprint density at radius 1 is 1.36 bits per heavy atom. The highest BCUT2D eigenvalue weighted by Gasteiger charge is 2.28. The Balaban J connectivity index is 2.34. The number of Topliss-reactive ketones (excluding diaryl/α,β-unsaturated/α-hetero) is 1. The first-order chi connectivity index (χ1) is 10.5. The van der Waals surface area contributed by atoms with Gasteiger partial charge in [0.15, 0.2) is 5.92 Å². The van der Waals surface area contributed by atoms with E-state index in [4.69, 9.17) is 5.26 Å². The van der Waals surface area contributed by atoms with Crippen LogP contribution in [0.2, 0.25) is 0 Å². The fourth-order valence-electron chi connectivity index (χ4n) is 2.09. The van der Waals surface area contributed by atoms with Gasteiger partial charge in [0.1, 0.15) is 10.7 Å². The third kappa shape index (κ3) is 3.05. The molecule has 1 atom stereocenters. The van der Waals surface area contributed by atoms with Crippen molar-refractivity contribution in [2.75, 3.05) is 7.05 Å². The summed E-state index contributed by atoms with van der Waals surface area (Å²) in [6, 6.07) is 7.70. The third-order valence-corrected chi connectivity index (χ3v) is 4.14. The van der Waals surface area contributed by atoms with Crippen molar-refractivity contribution in [1.29, 1.82) is 5.26 Å². The minimum Gasteiger partial charge on any atom is -0.358 e. The Morgan fingerprint density at radius 3 is 2.68 bits per heavy atom. The highest BCUT2D eigenvalue weighted by atomic mass is 32.1. The van der Waals surface area contributed by atoms with Gasteiger partial charge in [-0.15, -0.1) is 11.3 Å². The van der Waals surface area contributed by atoms with Gasteiger partial charge in [0, 0.05) is 18.0 Å². The van der Waals surface area contributed by atoms with Crippen molar-refractivity contribution in [1.82, 2.24) is 10.3 Å². The summed E-state index contributed by atoms with van der Waals surface area (Å²) in [5.74, 6) is -2.55. The van der Waals surface area contributed by atoms with Crippen LogP contribution in [0.25, 0.3) is 10.6 Å². The predicted octanol–water partition coefficient (Wildman–Crippen LogP) is 2.50. The number of nitriles is 1. The van der Waals surface area contributed by atoms with E-state index in [0.717, 1.165) is 16.7 Å². The highest BCUT2D eigenvalue weighted by molar-refractivity contribution is 7.13. The van der Waals surface area contributed by atoms with E-state index in [-0.39, 0.29) is 5.69 Å². The minimum atomic E-state index is -1.36. The maximum absolute atomic E-state index is 12.2. The fraction of sp³-hybridized carbons (Fsp3) is 0.250. The summed E-state index contributed by atoms with van der Waals surface area (Å²) in [6.45, 7) is 3.99. The number of hydrogen-bond donors (Lipinski definition) is 1. The molecule has 1 aromatic carbocycles. The lowest BCUT2D eigenvalue weighted by molar-refractivity contribution is -0.121. The van der Waals surface area contributed by atoms with Crippen LogP contribution in [-0.2, 0) is 4.79 Å². The van der Waals surface area contributed by atoms with E-state index in [1.807, 2.05) is 32.0 Å². The summed E-state index contributed by atoms with van der Waals surface area (Å²) in [4.78, 5) is 28.1. The zero-order chi connectivity index (χ0) is 16.3. The van der Waals surface area contributed by atoms with Gasteiger partial charge in [0.25, 0.3) is 0 Å². The van der Waals surface area contributed by atoms with E-state index >= 15 is 0 Å². The Labute approximate surface area is 132 Å². The fourth-order valence-corrected chi connectivity index (χ4v) is 2.99. The minimum absolute atomic E-state index is 0.148. The average molecular weight is 313 g/mol. The first-order valence-electron chi connectivity index (χ1n) is 6.66. The molecule has 0 spiro atoms. The molecule has 0 fully saturated rings. The smallest absolute Gasteiger partial charge is 0.245 e. The SMILES string of the molecule is CNC(=O)[C@@H](C#N)C(=O)c1csc(-c2ccc(C)cc2C)n1. The molecule has 2 rings (SSSR count). The van der Waals surface area contributed by atoms with Gasteiger partial charge in [-0.2, -0.15) is 5.26 Å². The molecule has 1 amide bonds. The summed E-state index contributed by atoms with van der Waals surface area (Å²) in [6.07, 6.45) is 0. The van der Waals surface area contributed by atoms with Gasteiger partial charge in [-0.1, -0.05) is 23.8 Å². The van der Waals surface area contributed by atoms with Crippen LogP contribution in [0.1, 0.15) is 21.6 Å². The second-order valence-electron chi connectivity index (χ2n) is 4.90.